The molecule has 8 aliphatic rings. The highest BCUT2D eigenvalue weighted by molar-refractivity contribution is 6.02. The molecule has 1 aromatic carbocycles. The second kappa shape index (κ2) is 13.7. The Labute approximate surface area is 368 Å². The number of nitrogens with two attached hydrogens (primary N) is 2. The lowest BCUT2D eigenvalue weighted by Gasteiger charge is -2.70. The van der Waals surface area contributed by atoms with Crippen molar-refractivity contribution in [3.63, 3.8) is 0 Å². The van der Waals surface area contributed by atoms with E-state index in [2.05, 4.69) is 23.8 Å². The van der Waals surface area contributed by atoms with Gasteiger partial charge >= 0.3 is 5.97 Å². The molecule has 0 radical (unpaired) electrons. The summed E-state index contributed by atoms with van der Waals surface area (Å²) in [5.41, 5.74) is 0.234. The van der Waals surface area contributed by atoms with E-state index in [1.807, 2.05) is 62.4 Å². The number of hydrogen-bond donors (Lipinski definition) is 8. The molecule has 14 atom stereocenters. The molecule has 2 spiro atoms. The van der Waals surface area contributed by atoms with Crippen molar-refractivity contribution in [2.75, 3.05) is 0 Å². The zero-order valence-electron chi connectivity index (χ0n) is 36.8. The molecule has 9 rings (SSSR count). The lowest BCUT2D eigenvalue weighted by molar-refractivity contribution is -0.200. The maximum Gasteiger partial charge on any atom is 0.331 e. The maximum absolute atomic E-state index is 15.8. The second-order valence-corrected chi connectivity index (χ2v) is 21.1. The van der Waals surface area contributed by atoms with E-state index in [0.29, 0.717) is 17.6 Å². The fraction of sp³-hybridized carbons (Fsp3) is 0.569. The number of aliphatic hydroxyl groups is 5. The van der Waals surface area contributed by atoms with Crippen molar-refractivity contribution in [3.8, 4) is 11.8 Å². The number of aliphatic hydroxyl groups excluding tert-OH is 2. The lowest BCUT2D eigenvalue weighted by Crippen LogP contribution is -2.74. The fourth-order valence-corrected chi connectivity index (χ4v) is 15.7. The van der Waals surface area contributed by atoms with Crippen molar-refractivity contribution in [1.82, 2.24) is 0 Å². The highest BCUT2D eigenvalue weighted by Gasteiger charge is 2.85. The minimum Gasteiger partial charge on any atom is -0.478 e. The van der Waals surface area contributed by atoms with Crippen molar-refractivity contribution in [1.29, 1.82) is 0 Å². The first-order valence-corrected chi connectivity index (χ1v) is 22.5. The monoisotopic (exact) mass is 859 g/mol. The van der Waals surface area contributed by atoms with Crippen molar-refractivity contribution in [2.24, 2.45) is 61.3 Å². The lowest BCUT2D eigenvalue weighted by atomic mass is 9.33. The number of carboxylic acids is 1. The van der Waals surface area contributed by atoms with Crippen molar-refractivity contribution < 1.29 is 45.0 Å². The Bertz CT molecular complexity index is 2470. The molecule has 10 N–H and O–H groups in total. The third kappa shape index (κ3) is 5.17. The van der Waals surface area contributed by atoms with Crippen LogP contribution in [0.5, 0.6) is 0 Å². The Morgan fingerprint density at radius 3 is 2.35 bits per heavy atom. The number of carboxylic acid groups (broad SMARTS) is 1. The number of rotatable bonds is 6. The number of aliphatic carboxylic acids is 1. The Kier molecular flexibility index (Phi) is 9.48. The normalized spacial score (nSPS) is 46.8. The predicted molar refractivity (Wildman–Crippen MR) is 236 cm³/mol. The molecule has 0 aliphatic heterocycles. The first kappa shape index (κ1) is 43.6. The third-order valence-corrected chi connectivity index (χ3v) is 18.4. The number of allylic oxidation sites excluding steroid dienone is 2. The predicted octanol–water partition coefficient (Wildman–Crippen LogP) is 4.45. The Morgan fingerprint density at radius 1 is 0.968 bits per heavy atom. The van der Waals surface area contributed by atoms with E-state index in [1.54, 1.807) is 25.2 Å². The summed E-state index contributed by atoms with van der Waals surface area (Å²) < 4.78 is 0. The molecule has 1 aromatic rings. The summed E-state index contributed by atoms with van der Waals surface area (Å²) in [6.45, 7) is 9.16. The number of hydrogen-bond acceptors (Lipinski definition) is 9. The summed E-state index contributed by atoms with van der Waals surface area (Å²) >= 11 is 0. The molecule has 63 heavy (non-hydrogen) atoms. The molecule has 0 amide bonds. The summed E-state index contributed by atoms with van der Waals surface area (Å²) in [5.74, 6) is 2.50. The largest absolute Gasteiger partial charge is 0.478 e. The van der Waals surface area contributed by atoms with Crippen LogP contribution >= 0.6 is 0 Å². The van der Waals surface area contributed by atoms with Gasteiger partial charge in [0.1, 0.15) is 28.6 Å². The number of carbonyl (C=O) groups is 3. The average Bonchev–Trinajstić information content (AvgIpc) is 3.37. The molecule has 3 saturated carbocycles. The first-order chi connectivity index (χ1) is 29.5. The SMILES string of the molecule is C[C@H](O)C/C(C(=O)O)=C1/CC[C@]2(N=C(N)N)C=C[C@@]3(C[C@@]4(O)C=C[C@]5(O)C6=C7C(=O)C[C@@]3(C)[C@]64CCC#CC[C@]3(C)C(=O)CC[C@@]7(C)[C@@H]3[C@H]5/C=C/c3ccccc3)[C@H](C)[C@@]2(O)[C@@H]1O. The molecular weight excluding hydrogens is 799 g/mol. The van der Waals surface area contributed by atoms with Gasteiger partial charge in [-0.2, -0.15) is 0 Å². The van der Waals surface area contributed by atoms with Crippen LogP contribution in [0.2, 0.25) is 0 Å². The smallest absolute Gasteiger partial charge is 0.331 e. The van der Waals surface area contributed by atoms with E-state index in [9.17, 15) is 40.2 Å². The molecule has 0 saturated heterocycles. The van der Waals surface area contributed by atoms with Gasteiger partial charge in [0.15, 0.2) is 11.7 Å². The van der Waals surface area contributed by atoms with E-state index in [1.165, 1.54) is 6.92 Å². The quantitative estimate of drug-likeness (QED) is 0.0654. The minimum absolute atomic E-state index is 0.00353. The van der Waals surface area contributed by atoms with Crippen LogP contribution in [-0.2, 0) is 14.4 Å². The Balaban J connectivity index is 1.35. The standard InChI is InChI=1S/C51H61N3O9/c1-29(55)26-33(41(59)60)32-16-21-47(54-42(52)53)23-22-46(30(2)51(47,63)40(32)58)28-48(61)24-25-49(62)34(15-14-31-12-8-6-9-13-31)38-43(3)18-10-7-11-19-50(48)39(49)37(35(56)27-45(46,50)5)44(38,4)20-17-36(43)57/h6,8-9,12-15,22-25,29-30,34,38,40,55,58,61-63H,11,16-21,26-28H2,1-5H3,(H,59,60)(H4,52,53,54)/b15-14+,33-32+/t29-,30-,34+,38+,40+,43+,44+,45+,46+,47-,48-,49+,50-,51+/m0/s1. The van der Waals surface area contributed by atoms with Crippen LogP contribution in [0.3, 0.4) is 0 Å². The fourth-order valence-electron chi connectivity index (χ4n) is 15.7. The second-order valence-electron chi connectivity index (χ2n) is 21.1. The Hall–Kier alpha value is -4.64. The molecular formula is C51H61N3O9. The van der Waals surface area contributed by atoms with Crippen molar-refractivity contribution in [2.45, 2.75) is 133 Å². The van der Waals surface area contributed by atoms with Gasteiger partial charge in [-0.25, -0.2) is 9.79 Å². The van der Waals surface area contributed by atoms with Gasteiger partial charge in [-0.3, -0.25) is 9.59 Å². The van der Waals surface area contributed by atoms with Crippen LogP contribution in [-0.4, -0.2) is 88.7 Å². The number of Topliss-reactive ketones (excluding diaryl/α,β-unsaturated/α-hetero) is 2. The van der Waals surface area contributed by atoms with Gasteiger partial charge in [-0.1, -0.05) is 88.4 Å². The highest BCUT2D eigenvalue weighted by Crippen LogP contribution is 2.84. The number of carbonyl (C=O) groups excluding carboxylic acids is 2. The number of fused-ring (bicyclic) bond motifs is 3. The number of nitrogens with zero attached hydrogens (tertiary/aromatic N) is 1. The summed E-state index contributed by atoms with van der Waals surface area (Å²) in [5, 5.41) is 74.9. The highest BCUT2D eigenvalue weighted by atomic mass is 16.4. The topological polar surface area (TPSA) is 237 Å². The Morgan fingerprint density at radius 2 is 1.68 bits per heavy atom. The van der Waals surface area contributed by atoms with Gasteiger partial charge in [0.25, 0.3) is 0 Å². The molecule has 0 heterocycles. The van der Waals surface area contributed by atoms with Crippen molar-refractivity contribution >= 4 is 29.6 Å². The van der Waals surface area contributed by atoms with Gasteiger partial charge in [0.05, 0.1) is 11.7 Å². The number of ketones is 2. The molecule has 12 nitrogen and oxygen atoms in total. The van der Waals surface area contributed by atoms with Gasteiger partial charge in [0, 0.05) is 76.7 Å². The summed E-state index contributed by atoms with van der Waals surface area (Å²) in [7, 11) is 0. The summed E-state index contributed by atoms with van der Waals surface area (Å²) in [6.07, 6.45) is 8.81. The number of benzene rings is 1. The van der Waals surface area contributed by atoms with E-state index >= 15 is 4.79 Å². The van der Waals surface area contributed by atoms with Crippen LogP contribution in [0.4, 0.5) is 0 Å². The number of aliphatic imine (C=N–C) groups is 1. The summed E-state index contributed by atoms with van der Waals surface area (Å²) in [6, 6.07) is 9.71. The van der Waals surface area contributed by atoms with Gasteiger partial charge in [-0.05, 0) is 73.1 Å². The minimum atomic E-state index is -2.32. The van der Waals surface area contributed by atoms with Crippen LogP contribution < -0.4 is 11.5 Å². The zero-order chi connectivity index (χ0) is 45.6. The van der Waals surface area contributed by atoms with E-state index < -0.39 is 85.3 Å². The van der Waals surface area contributed by atoms with Crippen LogP contribution in [0.1, 0.15) is 104 Å². The van der Waals surface area contributed by atoms with E-state index in [0.717, 1.165) is 5.56 Å². The molecule has 0 unspecified atom stereocenters. The van der Waals surface area contributed by atoms with Gasteiger partial charge in [0.2, 0.25) is 0 Å². The van der Waals surface area contributed by atoms with Gasteiger partial charge in [-0.15, -0.1) is 11.8 Å². The molecule has 3 fully saturated rings. The number of guanidine groups is 1. The zero-order valence-corrected chi connectivity index (χ0v) is 36.8. The molecule has 12 heteroatoms. The van der Waals surface area contributed by atoms with Crippen LogP contribution in [0, 0.1) is 56.7 Å². The molecule has 0 aromatic heterocycles. The first-order valence-electron chi connectivity index (χ1n) is 22.5. The van der Waals surface area contributed by atoms with Crippen molar-refractivity contribution in [3.05, 3.63) is 88.6 Å². The van der Waals surface area contributed by atoms with Crippen LogP contribution in [0.15, 0.2) is 88.0 Å². The maximum atomic E-state index is 15.8. The van der Waals surface area contributed by atoms with E-state index in [-0.39, 0.29) is 86.5 Å². The van der Waals surface area contributed by atoms with Crippen LogP contribution in [0.25, 0.3) is 6.08 Å². The third-order valence-electron chi connectivity index (χ3n) is 18.4. The molecule has 8 aliphatic carbocycles. The molecule has 4 bridgehead atoms. The average molecular weight is 860 g/mol. The molecule has 334 valence electrons. The van der Waals surface area contributed by atoms with E-state index in [4.69, 9.17) is 11.5 Å². The summed E-state index contributed by atoms with van der Waals surface area (Å²) in [4.78, 5) is 47.6. The van der Waals surface area contributed by atoms with Gasteiger partial charge < -0.3 is 42.1 Å².